The van der Waals surface area contributed by atoms with E-state index in [9.17, 15) is 9.59 Å². The molecular formula is C21H25BrN2O2. The second-order valence-electron chi connectivity index (χ2n) is 6.25. The number of anilines is 1. The van der Waals surface area contributed by atoms with Gasteiger partial charge in [-0.25, -0.2) is 0 Å². The number of rotatable bonds is 9. The standard InChI is InChI=1S/C21H25BrN2O2/c1-2-3-4-5-14-23-20(25)15-16-6-12-19(13-7-16)24-21(26)17-8-10-18(22)11-9-17/h6-13H,2-5,14-15H2,1H3,(H,23,25)(H,24,26). The minimum atomic E-state index is -0.157. The monoisotopic (exact) mass is 416 g/mol. The summed E-state index contributed by atoms with van der Waals surface area (Å²) in [7, 11) is 0. The third kappa shape index (κ3) is 7.00. The van der Waals surface area contributed by atoms with E-state index in [1.807, 2.05) is 36.4 Å². The predicted octanol–water partition coefficient (Wildman–Crippen LogP) is 4.94. The van der Waals surface area contributed by atoms with Gasteiger partial charge >= 0.3 is 0 Å². The van der Waals surface area contributed by atoms with Crippen molar-refractivity contribution < 1.29 is 9.59 Å². The van der Waals surface area contributed by atoms with Gasteiger partial charge in [-0.05, 0) is 48.4 Å². The molecule has 2 aromatic rings. The van der Waals surface area contributed by atoms with Gasteiger partial charge < -0.3 is 10.6 Å². The van der Waals surface area contributed by atoms with E-state index in [-0.39, 0.29) is 11.8 Å². The first-order valence-corrected chi connectivity index (χ1v) is 9.80. The van der Waals surface area contributed by atoms with Crippen molar-refractivity contribution >= 4 is 33.4 Å². The first-order valence-electron chi connectivity index (χ1n) is 9.01. The molecule has 2 N–H and O–H groups in total. The summed E-state index contributed by atoms with van der Waals surface area (Å²) in [6, 6.07) is 14.6. The summed E-state index contributed by atoms with van der Waals surface area (Å²) in [6.45, 7) is 2.91. The van der Waals surface area contributed by atoms with Gasteiger partial charge in [0.1, 0.15) is 0 Å². The number of hydrogen-bond donors (Lipinski definition) is 2. The van der Waals surface area contributed by atoms with Crippen LogP contribution in [0.5, 0.6) is 0 Å². The van der Waals surface area contributed by atoms with Crippen molar-refractivity contribution in [2.75, 3.05) is 11.9 Å². The highest BCUT2D eigenvalue weighted by Crippen LogP contribution is 2.14. The molecule has 0 aliphatic carbocycles. The van der Waals surface area contributed by atoms with Crippen LogP contribution in [0.3, 0.4) is 0 Å². The molecule has 4 nitrogen and oxygen atoms in total. The van der Waals surface area contributed by atoms with Crippen molar-refractivity contribution in [1.82, 2.24) is 5.32 Å². The molecule has 0 aliphatic rings. The highest BCUT2D eigenvalue weighted by Gasteiger charge is 2.07. The zero-order valence-corrected chi connectivity index (χ0v) is 16.6. The minimum Gasteiger partial charge on any atom is -0.356 e. The van der Waals surface area contributed by atoms with E-state index in [0.29, 0.717) is 17.7 Å². The molecule has 0 saturated heterocycles. The lowest BCUT2D eigenvalue weighted by molar-refractivity contribution is -0.120. The average Bonchev–Trinajstić information content (AvgIpc) is 2.63. The van der Waals surface area contributed by atoms with E-state index in [1.54, 1.807) is 12.1 Å². The van der Waals surface area contributed by atoms with Gasteiger partial charge in [-0.2, -0.15) is 0 Å². The average molecular weight is 417 g/mol. The Hall–Kier alpha value is -2.14. The Morgan fingerprint density at radius 2 is 1.62 bits per heavy atom. The van der Waals surface area contributed by atoms with Crippen molar-refractivity contribution in [2.45, 2.75) is 39.0 Å². The molecule has 2 amide bonds. The zero-order chi connectivity index (χ0) is 18.8. The topological polar surface area (TPSA) is 58.2 Å². The van der Waals surface area contributed by atoms with Crippen molar-refractivity contribution in [3.8, 4) is 0 Å². The van der Waals surface area contributed by atoms with Crippen LogP contribution in [0, 0.1) is 0 Å². The molecule has 0 heterocycles. The van der Waals surface area contributed by atoms with Crippen LogP contribution in [0.15, 0.2) is 53.0 Å². The van der Waals surface area contributed by atoms with Crippen molar-refractivity contribution in [1.29, 1.82) is 0 Å². The number of amides is 2. The van der Waals surface area contributed by atoms with Crippen LogP contribution in [-0.2, 0) is 11.2 Å². The van der Waals surface area contributed by atoms with Gasteiger partial charge in [0.25, 0.3) is 5.91 Å². The zero-order valence-electron chi connectivity index (χ0n) is 15.1. The second kappa shape index (κ2) is 10.8. The highest BCUT2D eigenvalue weighted by molar-refractivity contribution is 9.10. The SMILES string of the molecule is CCCCCCNC(=O)Cc1ccc(NC(=O)c2ccc(Br)cc2)cc1. The molecule has 5 heteroatoms. The van der Waals surface area contributed by atoms with E-state index in [4.69, 9.17) is 0 Å². The molecule has 26 heavy (non-hydrogen) atoms. The van der Waals surface area contributed by atoms with E-state index < -0.39 is 0 Å². The van der Waals surface area contributed by atoms with Gasteiger partial charge in [0.15, 0.2) is 0 Å². The normalized spacial score (nSPS) is 10.4. The summed E-state index contributed by atoms with van der Waals surface area (Å²) in [4.78, 5) is 24.1. The lowest BCUT2D eigenvalue weighted by atomic mass is 10.1. The van der Waals surface area contributed by atoms with Crippen molar-refractivity contribution in [3.63, 3.8) is 0 Å². The van der Waals surface area contributed by atoms with Crippen LogP contribution >= 0.6 is 15.9 Å². The first kappa shape index (κ1) is 20.2. The molecular weight excluding hydrogens is 392 g/mol. The Morgan fingerprint density at radius 3 is 2.27 bits per heavy atom. The summed E-state index contributed by atoms with van der Waals surface area (Å²) in [5, 5.41) is 5.81. The maximum absolute atomic E-state index is 12.2. The van der Waals surface area contributed by atoms with Gasteiger partial charge in [-0.3, -0.25) is 9.59 Å². The molecule has 0 aliphatic heterocycles. The molecule has 2 rings (SSSR count). The van der Waals surface area contributed by atoms with E-state index >= 15 is 0 Å². The number of nitrogens with one attached hydrogen (secondary N) is 2. The predicted molar refractivity (Wildman–Crippen MR) is 109 cm³/mol. The van der Waals surface area contributed by atoms with Crippen LogP contribution in [0.2, 0.25) is 0 Å². The Kier molecular flexibility index (Phi) is 8.35. The van der Waals surface area contributed by atoms with Gasteiger partial charge in [0, 0.05) is 22.3 Å². The second-order valence-corrected chi connectivity index (χ2v) is 7.16. The number of unbranched alkanes of at least 4 members (excludes halogenated alkanes) is 3. The van der Waals surface area contributed by atoms with Crippen LogP contribution < -0.4 is 10.6 Å². The Labute approximate surface area is 163 Å². The van der Waals surface area contributed by atoms with Crippen molar-refractivity contribution in [2.24, 2.45) is 0 Å². The molecule has 0 aromatic heterocycles. The molecule has 138 valence electrons. The Bertz CT molecular complexity index is 712. The number of halogens is 1. The molecule has 0 spiro atoms. The van der Waals surface area contributed by atoms with E-state index in [0.717, 1.165) is 29.4 Å². The molecule has 0 bridgehead atoms. The summed E-state index contributed by atoms with van der Waals surface area (Å²) >= 11 is 3.35. The van der Waals surface area contributed by atoms with Crippen molar-refractivity contribution in [3.05, 3.63) is 64.1 Å². The summed E-state index contributed by atoms with van der Waals surface area (Å²) < 4.78 is 0.932. The van der Waals surface area contributed by atoms with E-state index in [2.05, 4.69) is 33.5 Å². The van der Waals surface area contributed by atoms with Gasteiger partial charge in [0.2, 0.25) is 5.91 Å². The van der Waals surface area contributed by atoms with Gasteiger partial charge in [-0.15, -0.1) is 0 Å². The van der Waals surface area contributed by atoms with E-state index in [1.165, 1.54) is 12.8 Å². The Morgan fingerprint density at radius 1 is 0.923 bits per heavy atom. The first-order chi connectivity index (χ1) is 12.6. The maximum atomic E-state index is 12.2. The highest BCUT2D eigenvalue weighted by atomic mass is 79.9. The van der Waals surface area contributed by atoms with Crippen LogP contribution in [-0.4, -0.2) is 18.4 Å². The molecule has 0 saturated carbocycles. The quantitative estimate of drug-likeness (QED) is 0.568. The number of carbonyl (C=O) groups is 2. The third-order valence-corrected chi connectivity index (χ3v) is 4.56. The van der Waals surface area contributed by atoms with Crippen LogP contribution in [0.25, 0.3) is 0 Å². The van der Waals surface area contributed by atoms with Crippen LogP contribution in [0.1, 0.15) is 48.5 Å². The largest absolute Gasteiger partial charge is 0.356 e. The summed E-state index contributed by atoms with van der Waals surface area (Å²) in [6.07, 6.45) is 4.95. The molecule has 0 unspecified atom stereocenters. The lowest BCUT2D eigenvalue weighted by Gasteiger charge is -2.08. The fraction of sp³-hybridized carbons (Fsp3) is 0.333. The molecule has 2 aromatic carbocycles. The fourth-order valence-corrected chi connectivity index (χ4v) is 2.80. The third-order valence-electron chi connectivity index (χ3n) is 4.04. The summed E-state index contributed by atoms with van der Waals surface area (Å²) in [5.74, 6) is -0.122. The minimum absolute atomic E-state index is 0.0353. The number of hydrogen-bond acceptors (Lipinski definition) is 2. The smallest absolute Gasteiger partial charge is 0.255 e. The number of benzene rings is 2. The van der Waals surface area contributed by atoms with Gasteiger partial charge in [0.05, 0.1) is 6.42 Å². The Balaban J connectivity index is 1.79. The lowest BCUT2D eigenvalue weighted by Crippen LogP contribution is -2.26. The van der Waals surface area contributed by atoms with Crippen LogP contribution in [0.4, 0.5) is 5.69 Å². The fourth-order valence-electron chi connectivity index (χ4n) is 2.54. The maximum Gasteiger partial charge on any atom is 0.255 e. The molecule has 0 radical (unpaired) electrons. The summed E-state index contributed by atoms with van der Waals surface area (Å²) in [5.41, 5.74) is 2.24. The molecule has 0 fully saturated rings. The number of carbonyl (C=O) groups excluding carboxylic acids is 2. The van der Waals surface area contributed by atoms with Gasteiger partial charge in [-0.1, -0.05) is 54.2 Å². The molecule has 0 atom stereocenters.